The van der Waals surface area contributed by atoms with Crippen LogP contribution in [0.25, 0.3) is 0 Å². The minimum Gasteiger partial charge on any atom is -0.299 e. The molecular formula is C17H16O. The Morgan fingerprint density at radius 3 is 2.61 bits per heavy atom. The maximum Gasteiger partial charge on any atom is 0.144 e. The maximum atomic E-state index is 12.1. The molecule has 1 heteroatoms. The van der Waals surface area contributed by atoms with Gasteiger partial charge in [-0.3, -0.25) is 4.79 Å². The lowest BCUT2D eigenvalue weighted by Gasteiger charge is -2.21. The van der Waals surface area contributed by atoms with Crippen molar-refractivity contribution in [2.75, 3.05) is 0 Å². The summed E-state index contributed by atoms with van der Waals surface area (Å²) in [6.07, 6.45) is 6.92. The third-order valence-electron chi connectivity index (χ3n) is 4.09. The van der Waals surface area contributed by atoms with Crippen LogP contribution in [0.4, 0.5) is 0 Å². The normalized spacial score (nSPS) is 26.0. The fraction of sp³-hybridized carbons (Fsp3) is 0.353. The zero-order valence-electron chi connectivity index (χ0n) is 10.4. The van der Waals surface area contributed by atoms with Crippen LogP contribution in [0, 0.1) is 17.3 Å². The van der Waals surface area contributed by atoms with Crippen LogP contribution in [0.5, 0.6) is 0 Å². The van der Waals surface area contributed by atoms with Crippen molar-refractivity contribution in [3.8, 4) is 11.8 Å². The summed E-state index contributed by atoms with van der Waals surface area (Å²) in [6.45, 7) is 0. The number of ketones is 1. The molecule has 0 amide bonds. The highest BCUT2D eigenvalue weighted by Gasteiger charge is 2.46. The summed E-state index contributed by atoms with van der Waals surface area (Å²) >= 11 is 0. The number of allylic oxidation sites excluding steroid dienone is 2. The van der Waals surface area contributed by atoms with Crippen molar-refractivity contribution in [3.05, 3.63) is 47.5 Å². The molecule has 0 aliphatic heterocycles. The molecule has 1 spiro atoms. The third kappa shape index (κ3) is 1.78. The molecule has 1 nitrogen and oxygen atoms in total. The Bertz CT molecular complexity index is 556. The van der Waals surface area contributed by atoms with Gasteiger partial charge in [0.15, 0.2) is 0 Å². The Balaban J connectivity index is 1.90. The number of Topliss-reactive ketones (excluding diaryl/α,β-unsaturated/α-hetero) is 1. The Labute approximate surface area is 108 Å². The average Bonchev–Trinajstić information content (AvgIpc) is 2.97. The lowest BCUT2D eigenvalue weighted by atomic mass is 9.79. The molecule has 0 radical (unpaired) electrons. The SMILES string of the molecule is O=C1CCC[C@]12CCC=C2C#Cc1ccccc1. The summed E-state index contributed by atoms with van der Waals surface area (Å²) in [7, 11) is 0. The van der Waals surface area contributed by atoms with Crippen LogP contribution in [0.1, 0.15) is 37.7 Å². The fourth-order valence-corrected chi connectivity index (χ4v) is 3.10. The minimum atomic E-state index is -0.207. The highest BCUT2D eigenvalue weighted by atomic mass is 16.1. The largest absolute Gasteiger partial charge is 0.299 e. The van der Waals surface area contributed by atoms with E-state index in [1.807, 2.05) is 30.3 Å². The molecule has 1 saturated carbocycles. The van der Waals surface area contributed by atoms with E-state index in [0.29, 0.717) is 5.78 Å². The van der Waals surface area contributed by atoms with Crippen molar-refractivity contribution in [2.45, 2.75) is 32.1 Å². The Kier molecular flexibility index (Phi) is 2.80. The van der Waals surface area contributed by atoms with Crippen LogP contribution in [0.3, 0.4) is 0 Å². The van der Waals surface area contributed by atoms with Crippen LogP contribution < -0.4 is 0 Å². The zero-order valence-corrected chi connectivity index (χ0v) is 10.4. The van der Waals surface area contributed by atoms with Gasteiger partial charge in [-0.15, -0.1) is 0 Å². The predicted octanol–water partition coefficient (Wildman–Crippen LogP) is 3.50. The molecule has 0 bridgehead atoms. The minimum absolute atomic E-state index is 0.207. The van der Waals surface area contributed by atoms with E-state index < -0.39 is 0 Å². The standard InChI is InChI=1S/C17H16O/c18-16-9-5-13-17(16)12-4-8-15(17)11-10-14-6-2-1-3-7-14/h1-3,6-8H,4-5,9,12-13H2/t17-/m0/s1. The second-order valence-corrected chi connectivity index (χ2v) is 5.13. The van der Waals surface area contributed by atoms with Gasteiger partial charge in [-0.1, -0.05) is 36.1 Å². The molecule has 0 unspecified atom stereocenters. The van der Waals surface area contributed by atoms with Crippen LogP contribution in [-0.2, 0) is 4.79 Å². The van der Waals surface area contributed by atoms with Gasteiger partial charge in [0.1, 0.15) is 5.78 Å². The van der Waals surface area contributed by atoms with Crippen molar-refractivity contribution in [3.63, 3.8) is 0 Å². The third-order valence-corrected chi connectivity index (χ3v) is 4.09. The van der Waals surface area contributed by atoms with Crippen molar-refractivity contribution in [1.29, 1.82) is 0 Å². The summed E-state index contributed by atoms with van der Waals surface area (Å²) in [5.41, 5.74) is 1.89. The Hall–Kier alpha value is -1.81. The summed E-state index contributed by atoms with van der Waals surface area (Å²) in [5, 5.41) is 0. The monoisotopic (exact) mass is 236 g/mol. The maximum absolute atomic E-state index is 12.1. The van der Waals surface area contributed by atoms with Crippen molar-refractivity contribution in [2.24, 2.45) is 5.41 Å². The summed E-state index contributed by atoms with van der Waals surface area (Å²) in [5.74, 6) is 6.85. The van der Waals surface area contributed by atoms with Gasteiger partial charge in [-0.2, -0.15) is 0 Å². The number of carbonyl (C=O) groups is 1. The topological polar surface area (TPSA) is 17.1 Å². The van der Waals surface area contributed by atoms with E-state index in [9.17, 15) is 4.79 Å². The van der Waals surface area contributed by atoms with Crippen molar-refractivity contribution in [1.82, 2.24) is 0 Å². The lowest BCUT2D eigenvalue weighted by molar-refractivity contribution is -0.123. The lowest BCUT2D eigenvalue weighted by Crippen LogP contribution is -2.24. The molecular weight excluding hydrogens is 220 g/mol. The van der Waals surface area contributed by atoms with Crippen LogP contribution in [-0.4, -0.2) is 5.78 Å². The average molecular weight is 236 g/mol. The van der Waals surface area contributed by atoms with Gasteiger partial charge in [0.25, 0.3) is 0 Å². The first-order chi connectivity index (χ1) is 8.81. The van der Waals surface area contributed by atoms with Gasteiger partial charge < -0.3 is 0 Å². The first kappa shape index (κ1) is 11.3. The molecule has 18 heavy (non-hydrogen) atoms. The highest BCUT2D eigenvalue weighted by molar-refractivity contribution is 5.91. The molecule has 0 heterocycles. The molecule has 2 aliphatic rings. The van der Waals surface area contributed by atoms with E-state index >= 15 is 0 Å². The van der Waals surface area contributed by atoms with E-state index in [1.54, 1.807) is 0 Å². The first-order valence-corrected chi connectivity index (χ1v) is 6.62. The smallest absolute Gasteiger partial charge is 0.144 e. The van der Waals surface area contributed by atoms with Gasteiger partial charge in [0.2, 0.25) is 0 Å². The molecule has 1 fully saturated rings. The van der Waals surface area contributed by atoms with Gasteiger partial charge in [0, 0.05) is 17.6 Å². The number of hydrogen-bond donors (Lipinski definition) is 0. The molecule has 1 aromatic rings. The van der Waals surface area contributed by atoms with E-state index in [1.165, 1.54) is 0 Å². The summed E-state index contributed by atoms with van der Waals surface area (Å²) in [4.78, 5) is 12.1. The van der Waals surface area contributed by atoms with E-state index in [2.05, 4.69) is 17.9 Å². The van der Waals surface area contributed by atoms with E-state index in [0.717, 1.165) is 43.2 Å². The molecule has 3 rings (SSSR count). The highest BCUT2D eigenvalue weighted by Crippen LogP contribution is 2.48. The quantitative estimate of drug-likeness (QED) is 0.630. The van der Waals surface area contributed by atoms with Gasteiger partial charge >= 0.3 is 0 Å². The van der Waals surface area contributed by atoms with Crippen molar-refractivity contribution < 1.29 is 4.79 Å². The Morgan fingerprint density at radius 1 is 1.06 bits per heavy atom. The van der Waals surface area contributed by atoms with E-state index in [-0.39, 0.29) is 5.41 Å². The second-order valence-electron chi connectivity index (χ2n) is 5.13. The first-order valence-electron chi connectivity index (χ1n) is 6.62. The zero-order chi connectivity index (χ0) is 12.4. The van der Waals surface area contributed by atoms with Gasteiger partial charge in [-0.25, -0.2) is 0 Å². The molecule has 1 atom stereocenters. The van der Waals surface area contributed by atoms with Crippen LogP contribution >= 0.6 is 0 Å². The number of carbonyl (C=O) groups excluding carboxylic acids is 1. The van der Waals surface area contributed by atoms with Gasteiger partial charge in [0.05, 0.1) is 5.41 Å². The second kappa shape index (κ2) is 4.46. The Morgan fingerprint density at radius 2 is 1.89 bits per heavy atom. The number of hydrogen-bond acceptors (Lipinski definition) is 1. The summed E-state index contributed by atoms with van der Waals surface area (Å²) < 4.78 is 0. The fourth-order valence-electron chi connectivity index (χ4n) is 3.10. The van der Waals surface area contributed by atoms with Gasteiger partial charge in [-0.05, 0) is 37.8 Å². The number of rotatable bonds is 0. The molecule has 0 aromatic heterocycles. The van der Waals surface area contributed by atoms with Crippen LogP contribution in [0.2, 0.25) is 0 Å². The molecule has 0 N–H and O–H groups in total. The summed E-state index contributed by atoms with van der Waals surface area (Å²) in [6, 6.07) is 9.98. The predicted molar refractivity (Wildman–Crippen MR) is 71.9 cm³/mol. The van der Waals surface area contributed by atoms with E-state index in [4.69, 9.17) is 0 Å². The molecule has 2 aliphatic carbocycles. The number of benzene rings is 1. The van der Waals surface area contributed by atoms with Crippen LogP contribution in [0.15, 0.2) is 42.0 Å². The molecule has 0 saturated heterocycles. The molecule has 1 aromatic carbocycles. The molecule has 90 valence electrons. The van der Waals surface area contributed by atoms with Crippen molar-refractivity contribution >= 4 is 5.78 Å².